The van der Waals surface area contributed by atoms with Gasteiger partial charge in [0.15, 0.2) is 0 Å². The van der Waals surface area contributed by atoms with E-state index in [4.69, 9.17) is 5.73 Å². The van der Waals surface area contributed by atoms with Crippen molar-refractivity contribution in [3.05, 3.63) is 54.0 Å². The van der Waals surface area contributed by atoms with E-state index >= 15 is 0 Å². The van der Waals surface area contributed by atoms with Crippen LogP contribution in [0.1, 0.15) is 24.1 Å². The van der Waals surface area contributed by atoms with Crippen molar-refractivity contribution in [2.24, 2.45) is 5.73 Å². The van der Waals surface area contributed by atoms with Crippen molar-refractivity contribution in [3.63, 3.8) is 0 Å². The van der Waals surface area contributed by atoms with Crippen LogP contribution in [0.25, 0.3) is 0 Å². The Morgan fingerprint density at radius 1 is 1.22 bits per heavy atom. The van der Waals surface area contributed by atoms with Gasteiger partial charge in [0.1, 0.15) is 5.82 Å². The van der Waals surface area contributed by atoms with Crippen LogP contribution in [0.3, 0.4) is 0 Å². The fourth-order valence-electron chi connectivity index (χ4n) is 1.92. The minimum atomic E-state index is -0.0198. The molecule has 0 aliphatic carbocycles. The van der Waals surface area contributed by atoms with Gasteiger partial charge in [0.2, 0.25) is 0 Å². The number of anilines is 1. The largest absolute Gasteiger partial charge is 0.355 e. The minimum Gasteiger partial charge on any atom is -0.355 e. The fraction of sp³-hybridized carbons (Fsp3) is 0.286. The molecular weight excluding hydrogens is 224 g/mol. The molecule has 94 valence electrons. The van der Waals surface area contributed by atoms with Crippen LogP contribution in [-0.2, 0) is 6.54 Å². The molecule has 0 unspecified atom stereocenters. The van der Waals surface area contributed by atoms with Gasteiger partial charge in [0.05, 0.1) is 0 Å². The molecule has 0 saturated heterocycles. The zero-order valence-electron chi connectivity index (χ0n) is 10.7. The van der Waals surface area contributed by atoms with Crippen molar-refractivity contribution in [2.75, 3.05) is 11.9 Å². The van der Waals surface area contributed by atoms with Gasteiger partial charge in [-0.3, -0.25) is 4.98 Å². The van der Waals surface area contributed by atoms with Crippen molar-refractivity contribution in [1.82, 2.24) is 9.97 Å². The Kier molecular flexibility index (Phi) is 3.89. The Morgan fingerprint density at radius 2 is 1.94 bits per heavy atom. The van der Waals surface area contributed by atoms with Crippen LogP contribution < -0.4 is 10.6 Å². The minimum absolute atomic E-state index is 0.0198. The third-order valence-corrected chi connectivity index (χ3v) is 2.84. The number of nitrogens with zero attached hydrogens (tertiary/aromatic N) is 3. The third-order valence-electron chi connectivity index (χ3n) is 2.84. The van der Waals surface area contributed by atoms with E-state index in [1.54, 1.807) is 18.6 Å². The van der Waals surface area contributed by atoms with Crippen LogP contribution in [0.5, 0.6) is 0 Å². The van der Waals surface area contributed by atoms with E-state index in [-0.39, 0.29) is 6.04 Å². The van der Waals surface area contributed by atoms with Crippen molar-refractivity contribution in [2.45, 2.75) is 19.5 Å². The molecule has 0 aliphatic heterocycles. The molecule has 0 amide bonds. The highest BCUT2D eigenvalue weighted by Gasteiger charge is 2.11. The van der Waals surface area contributed by atoms with Gasteiger partial charge in [-0.2, -0.15) is 0 Å². The summed E-state index contributed by atoms with van der Waals surface area (Å²) in [5, 5.41) is 0. The summed E-state index contributed by atoms with van der Waals surface area (Å²) in [5.41, 5.74) is 8.24. The monoisotopic (exact) mass is 242 g/mol. The summed E-state index contributed by atoms with van der Waals surface area (Å²) < 4.78 is 0. The molecule has 1 atom stereocenters. The molecule has 2 rings (SSSR count). The van der Waals surface area contributed by atoms with E-state index in [0.29, 0.717) is 0 Å². The highest BCUT2D eigenvalue weighted by molar-refractivity contribution is 5.47. The first kappa shape index (κ1) is 12.5. The molecule has 4 heteroatoms. The lowest BCUT2D eigenvalue weighted by molar-refractivity contribution is 0.788. The molecule has 0 radical (unpaired) electrons. The fourth-order valence-corrected chi connectivity index (χ4v) is 1.92. The molecule has 0 spiro atoms. The average Bonchev–Trinajstić information content (AvgIpc) is 2.40. The van der Waals surface area contributed by atoms with Crippen LogP contribution in [0, 0.1) is 0 Å². The number of aromatic nitrogens is 2. The maximum Gasteiger partial charge on any atom is 0.133 e. The predicted molar refractivity (Wildman–Crippen MR) is 73.2 cm³/mol. The first-order valence-electron chi connectivity index (χ1n) is 5.99. The van der Waals surface area contributed by atoms with Gasteiger partial charge in [-0.1, -0.05) is 6.07 Å². The van der Waals surface area contributed by atoms with Gasteiger partial charge >= 0.3 is 0 Å². The molecule has 0 fully saturated rings. The maximum absolute atomic E-state index is 5.97. The summed E-state index contributed by atoms with van der Waals surface area (Å²) in [5.74, 6) is 0.935. The van der Waals surface area contributed by atoms with Gasteiger partial charge in [-0.05, 0) is 30.7 Å². The van der Waals surface area contributed by atoms with Gasteiger partial charge in [0.25, 0.3) is 0 Å². The van der Waals surface area contributed by atoms with E-state index in [1.165, 1.54) is 5.56 Å². The van der Waals surface area contributed by atoms with Gasteiger partial charge in [0, 0.05) is 43.8 Å². The summed E-state index contributed by atoms with van der Waals surface area (Å²) in [4.78, 5) is 10.5. The number of pyridine rings is 2. The predicted octanol–water partition coefficient (Wildman–Crippen LogP) is 2.13. The molecule has 0 aromatic carbocycles. The van der Waals surface area contributed by atoms with Crippen molar-refractivity contribution >= 4 is 5.82 Å². The molecule has 0 saturated carbocycles. The molecule has 2 aromatic heterocycles. The average molecular weight is 242 g/mol. The second-order valence-corrected chi connectivity index (χ2v) is 4.42. The molecule has 18 heavy (non-hydrogen) atoms. The Hall–Kier alpha value is -1.94. The second-order valence-electron chi connectivity index (χ2n) is 4.42. The van der Waals surface area contributed by atoms with E-state index in [0.717, 1.165) is 17.9 Å². The van der Waals surface area contributed by atoms with Crippen LogP contribution >= 0.6 is 0 Å². The molecule has 2 aromatic rings. The van der Waals surface area contributed by atoms with Crippen LogP contribution in [0.15, 0.2) is 42.9 Å². The molecule has 2 N–H and O–H groups in total. The maximum atomic E-state index is 5.97. The Balaban J connectivity index is 2.21. The van der Waals surface area contributed by atoms with Crippen molar-refractivity contribution < 1.29 is 0 Å². The number of rotatable bonds is 4. The molecule has 0 aliphatic rings. The second kappa shape index (κ2) is 5.60. The smallest absolute Gasteiger partial charge is 0.133 e. The van der Waals surface area contributed by atoms with Crippen molar-refractivity contribution in [3.8, 4) is 0 Å². The summed E-state index contributed by atoms with van der Waals surface area (Å²) in [6.07, 6.45) is 5.40. The molecule has 4 nitrogen and oxygen atoms in total. The topological polar surface area (TPSA) is 55.0 Å². The van der Waals surface area contributed by atoms with E-state index < -0.39 is 0 Å². The van der Waals surface area contributed by atoms with Crippen LogP contribution in [0.2, 0.25) is 0 Å². The lowest BCUT2D eigenvalue weighted by Gasteiger charge is -2.22. The van der Waals surface area contributed by atoms with E-state index in [2.05, 4.69) is 14.9 Å². The molecule has 0 bridgehead atoms. The first-order chi connectivity index (χ1) is 8.68. The third kappa shape index (κ3) is 2.84. The Bertz CT molecular complexity index is 496. The van der Waals surface area contributed by atoms with Gasteiger partial charge in [-0.25, -0.2) is 4.98 Å². The highest BCUT2D eigenvalue weighted by Crippen LogP contribution is 2.22. The zero-order chi connectivity index (χ0) is 13.0. The summed E-state index contributed by atoms with van der Waals surface area (Å²) in [7, 11) is 2.02. The summed E-state index contributed by atoms with van der Waals surface area (Å²) in [6.45, 7) is 2.76. The lowest BCUT2D eigenvalue weighted by atomic mass is 10.1. The van der Waals surface area contributed by atoms with Gasteiger partial charge < -0.3 is 10.6 Å². The normalized spacial score (nSPS) is 12.2. The SMILES string of the molecule is C[C@H](N)c1cccnc1N(C)Cc1ccncc1. The number of nitrogens with two attached hydrogens (primary N) is 1. The zero-order valence-corrected chi connectivity index (χ0v) is 10.7. The van der Waals surface area contributed by atoms with Crippen LogP contribution in [0.4, 0.5) is 5.82 Å². The Morgan fingerprint density at radius 3 is 2.61 bits per heavy atom. The molecular formula is C14H18N4. The van der Waals surface area contributed by atoms with E-state index in [1.807, 2.05) is 38.2 Å². The lowest BCUT2D eigenvalue weighted by Crippen LogP contribution is -2.21. The number of hydrogen-bond donors (Lipinski definition) is 1. The molecule has 2 heterocycles. The highest BCUT2D eigenvalue weighted by atomic mass is 15.2. The van der Waals surface area contributed by atoms with E-state index in [9.17, 15) is 0 Å². The summed E-state index contributed by atoms with van der Waals surface area (Å²) in [6, 6.07) is 7.93. The quantitative estimate of drug-likeness (QED) is 0.892. The standard InChI is InChI=1S/C14H18N4/c1-11(15)13-4-3-7-17-14(13)18(2)10-12-5-8-16-9-6-12/h3-9,11H,10,15H2,1-2H3/t11-/m0/s1. The first-order valence-corrected chi connectivity index (χ1v) is 5.99. The van der Waals surface area contributed by atoms with Crippen LogP contribution in [-0.4, -0.2) is 17.0 Å². The number of hydrogen-bond acceptors (Lipinski definition) is 4. The summed E-state index contributed by atoms with van der Waals surface area (Å²) >= 11 is 0. The van der Waals surface area contributed by atoms with Gasteiger partial charge in [-0.15, -0.1) is 0 Å². The Labute approximate surface area is 107 Å². The van der Waals surface area contributed by atoms with Crippen molar-refractivity contribution in [1.29, 1.82) is 0 Å².